The quantitative estimate of drug-likeness (QED) is 0.713. The molecule has 2 heteroatoms. The zero-order valence-corrected chi connectivity index (χ0v) is 15.0. The van der Waals surface area contributed by atoms with Crippen molar-refractivity contribution in [2.45, 2.75) is 51.7 Å². The highest BCUT2D eigenvalue weighted by atomic mass is 16.6. The van der Waals surface area contributed by atoms with Crippen LogP contribution in [0.4, 0.5) is 0 Å². The summed E-state index contributed by atoms with van der Waals surface area (Å²) in [5, 5.41) is 0. The molecule has 0 aliphatic carbocycles. The van der Waals surface area contributed by atoms with Crippen LogP contribution >= 0.6 is 0 Å². The molecule has 128 valence electrons. The van der Waals surface area contributed by atoms with E-state index in [1.807, 2.05) is 0 Å². The summed E-state index contributed by atoms with van der Waals surface area (Å²) >= 11 is 0. The molecular formula is C22H28O2. The Hall–Kier alpha value is -1.64. The maximum Gasteiger partial charge on any atom is 0.106 e. The largest absolute Gasteiger partial charge is 0.368 e. The maximum absolute atomic E-state index is 6.08. The van der Waals surface area contributed by atoms with Crippen molar-refractivity contribution in [3.8, 4) is 0 Å². The van der Waals surface area contributed by atoms with Crippen molar-refractivity contribution >= 4 is 0 Å². The van der Waals surface area contributed by atoms with E-state index in [4.69, 9.17) is 9.47 Å². The van der Waals surface area contributed by atoms with Crippen LogP contribution in [0.3, 0.4) is 0 Å². The highest BCUT2D eigenvalue weighted by Gasteiger charge is 2.24. The van der Waals surface area contributed by atoms with E-state index < -0.39 is 0 Å². The number of hydrogen-bond acceptors (Lipinski definition) is 2. The minimum absolute atomic E-state index is 0.0434. The van der Waals surface area contributed by atoms with E-state index in [9.17, 15) is 0 Å². The van der Waals surface area contributed by atoms with E-state index in [0.717, 1.165) is 6.42 Å². The molecule has 0 saturated carbocycles. The molecule has 3 rings (SSSR count). The minimum Gasteiger partial charge on any atom is -0.368 e. The van der Waals surface area contributed by atoms with Gasteiger partial charge in [-0.05, 0) is 34.6 Å². The van der Waals surface area contributed by atoms with Gasteiger partial charge in [-0.3, -0.25) is 0 Å². The fourth-order valence-electron chi connectivity index (χ4n) is 3.17. The summed E-state index contributed by atoms with van der Waals surface area (Å²) in [6.07, 6.45) is 2.41. The highest BCUT2D eigenvalue weighted by Crippen LogP contribution is 2.30. The molecule has 2 aromatic rings. The first-order valence-electron chi connectivity index (χ1n) is 9.09. The van der Waals surface area contributed by atoms with Gasteiger partial charge in [0.15, 0.2) is 0 Å². The Morgan fingerprint density at radius 2 is 1.33 bits per heavy atom. The van der Waals surface area contributed by atoms with Crippen LogP contribution in [0.15, 0.2) is 48.5 Å². The van der Waals surface area contributed by atoms with E-state index in [0.29, 0.717) is 19.1 Å². The Labute approximate surface area is 145 Å². The summed E-state index contributed by atoms with van der Waals surface area (Å²) in [6, 6.07) is 17.5. The summed E-state index contributed by atoms with van der Waals surface area (Å²) < 4.78 is 12.2. The van der Waals surface area contributed by atoms with Gasteiger partial charge in [-0.2, -0.15) is 0 Å². The van der Waals surface area contributed by atoms with Gasteiger partial charge >= 0.3 is 0 Å². The van der Waals surface area contributed by atoms with Gasteiger partial charge in [-0.15, -0.1) is 0 Å². The first-order chi connectivity index (χ1) is 11.7. The Morgan fingerprint density at radius 1 is 0.833 bits per heavy atom. The SMILES string of the molecule is CCCc1ccc([C@H]2CO[C@H](c3ccc(C(C)C)cc3)CO2)cc1. The van der Waals surface area contributed by atoms with E-state index in [2.05, 4.69) is 69.3 Å². The van der Waals surface area contributed by atoms with E-state index in [-0.39, 0.29) is 12.2 Å². The topological polar surface area (TPSA) is 18.5 Å². The van der Waals surface area contributed by atoms with Crippen molar-refractivity contribution in [3.05, 3.63) is 70.8 Å². The second kappa shape index (κ2) is 7.96. The lowest BCUT2D eigenvalue weighted by atomic mass is 9.99. The van der Waals surface area contributed by atoms with Crippen LogP contribution in [-0.4, -0.2) is 13.2 Å². The van der Waals surface area contributed by atoms with E-state index in [1.165, 1.54) is 28.7 Å². The van der Waals surface area contributed by atoms with Crippen molar-refractivity contribution in [2.24, 2.45) is 0 Å². The lowest BCUT2D eigenvalue weighted by Gasteiger charge is -2.30. The molecule has 1 aliphatic heterocycles. The summed E-state index contributed by atoms with van der Waals surface area (Å²) in [5.74, 6) is 0.558. The van der Waals surface area contributed by atoms with Crippen LogP contribution in [0.1, 0.15) is 67.6 Å². The van der Waals surface area contributed by atoms with Gasteiger partial charge in [-0.25, -0.2) is 0 Å². The molecule has 2 atom stereocenters. The Balaban J connectivity index is 1.58. The molecule has 24 heavy (non-hydrogen) atoms. The van der Waals surface area contributed by atoms with Gasteiger partial charge in [0.1, 0.15) is 12.2 Å². The molecule has 2 nitrogen and oxygen atoms in total. The Morgan fingerprint density at radius 3 is 1.75 bits per heavy atom. The van der Waals surface area contributed by atoms with Crippen molar-refractivity contribution in [1.82, 2.24) is 0 Å². The van der Waals surface area contributed by atoms with Gasteiger partial charge < -0.3 is 9.47 Å². The van der Waals surface area contributed by atoms with Crippen LogP contribution in [0.25, 0.3) is 0 Å². The first kappa shape index (κ1) is 17.2. The van der Waals surface area contributed by atoms with E-state index in [1.54, 1.807) is 0 Å². The molecule has 0 radical (unpaired) electrons. The molecule has 0 unspecified atom stereocenters. The van der Waals surface area contributed by atoms with Gasteiger partial charge in [-0.1, -0.05) is 75.7 Å². The number of aryl methyl sites for hydroxylation is 1. The third kappa shape index (κ3) is 4.06. The molecular weight excluding hydrogens is 296 g/mol. The second-order valence-corrected chi connectivity index (χ2v) is 6.96. The fraction of sp³-hybridized carbons (Fsp3) is 0.455. The molecule has 2 aromatic carbocycles. The lowest BCUT2D eigenvalue weighted by Crippen LogP contribution is -2.25. The Kier molecular flexibility index (Phi) is 5.70. The van der Waals surface area contributed by atoms with Crippen molar-refractivity contribution in [1.29, 1.82) is 0 Å². The molecule has 0 bridgehead atoms. The van der Waals surface area contributed by atoms with Crippen LogP contribution in [0.5, 0.6) is 0 Å². The average Bonchev–Trinajstić information content (AvgIpc) is 2.63. The summed E-state index contributed by atoms with van der Waals surface area (Å²) in [4.78, 5) is 0. The lowest BCUT2D eigenvalue weighted by molar-refractivity contribution is -0.137. The van der Waals surface area contributed by atoms with Gasteiger partial charge in [0, 0.05) is 0 Å². The molecule has 0 aromatic heterocycles. The highest BCUT2D eigenvalue weighted by molar-refractivity contribution is 5.27. The predicted octanol–water partition coefficient (Wildman–Crippen LogP) is 5.59. The summed E-state index contributed by atoms with van der Waals surface area (Å²) in [7, 11) is 0. The van der Waals surface area contributed by atoms with Crippen LogP contribution < -0.4 is 0 Å². The fourth-order valence-corrected chi connectivity index (χ4v) is 3.17. The summed E-state index contributed by atoms with van der Waals surface area (Å²) in [5.41, 5.74) is 5.17. The zero-order chi connectivity index (χ0) is 16.9. The maximum atomic E-state index is 6.08. The second-order valence-electron chi connectivity index (χ2n) is 6.96. The van der Waals surface area contributed by atoms with Crippen LogP contribution in [-0.2, 0) is 15.9 Å². The van der Waals surface area contributed by atoms with Gasteiger partial charge in [0.05, 0.1) is 13.2 Å². The van der Waals surface area contributed by atoms with Crippen LogP contribution in [0, 0.1) is 0 Å². The molecule has 1 heterocycles. The number of hydrogen-bond donors (Lipinski definition) is 0. The molecule has 1 aliphatic rings. The third-order valence-electron chi connectivity index (χ3n) is 4.76. The summed E-state index contributed by atoms with van der Waals surface area (Å²) in [6.45, 7) is 7.86. The molecule has 0 amide bonds. The number of benzene rings is 2. The van der Waals surface area contributed by atoms with Crippen molar-refractivity contribution in [3.63, 3.8) is 0 Å². The minimum atomic E-state index is 0.0434. The van der Waals surface area contributed by atoms with Gasteiger partial charge in [0.2, 0.25) is 0 Å². The molecule has 0 N–H and O–H groups in total. The van der Waals surface area contributed by atoms with Crippen molar-refractivity contribution < 1.29 is 9.47 Å². The first-order valence-corrected chi connectivity index (χ1v) is 9.09. The van der Waals surface area contributed by atoms with Gasteiger partial charge in [0.25, 0.3) is 0 Å². The molecule has 0 spiro atoms. The average molecular weight is 324 g/mol. The monoisotopic (exact) mass is 324 g/mol. The number of rotatable bonds is 5. The predicted molar refractivity (Wildman–Crippen MR) is 98.4 cm³/mol. The number of ether oxygens (including phenoxy) is 2. The Bertz CT molecular complexity index is 620. The normalized spacial score (nSPS) is 21.2. The third-order valence-corrected chi connectivity index (χ3v) is 4.76. The van der Waals surface area contributed by atoms with E-state index >= 15 is 0 Å². The molecule has 1 saturated heterocycles. The molecule has 1 fully saturated rings. The van der Waals surface area contributed by atoms with Crippen molar-refractivity contribution in [2.75, 3.05) is 13.2 Å². The van der Waals surface area contributed by atoms with Crippen LogP contribution in [0.2, 0.25) is 0 Å². The smallest absolute Gasteiger partial charge is 0.106 e. The zero-order valence-electron chi connectivity index (χ0n) is 15.0. The standard InChI is InChI=1S/C22H28O2/c1-4-5-17-6-8-19(9-7-17)21-14-24-22(15-23-21)20-12-10-18(11-13-20)16(2)3/h6-13,16,21-22H,4-5,14-15H2,1-3H3/t21-,22+/m1/s1.